The van der Waals surface area contributed by atoms with E-state index in [9.17, 15) is 0 Å². The number of nitrogen functional groups attached to an aromatic ring is 2. The van der Waals surface area contributed by atoms with E-state index in [1.807, 2.05) is 6.20 Å². The normalized spacial score (nSPS) is 10.1. The van der Waals surface area contributed by atoms with E-state index >= 15 is 0 Å². The second-order valence-corrected chi connectivity index (χ2v) is 9.35. The zero-order chi connectivity index (χ0) is 27.2. The van der Waals surface area contributed by atoms with Crippen LogP contribution in [-0.2, 0) is 0 Å². The molecule has 2 aromatic carbocycles. The van der Waals surface area contributed by atoms with E-state index in [2.05, 4.69) is 133 Å². The van der Waals surface area contributed by atoms with Gasteiger partial charge in [-0.05, 0) is 40.9 Å². The van der Waals surface area contributed by atoms with Gasteiger partial charge in [0.1, 0.15) is 35.6 Å². The first-order valence-electron chi connectivity index (χ1n) is 11.4. The van der Waals surface area contributed by atoms with Crippen LogP contribution < -0.4 is 11.5 Å². The van der Waals surface area contributed by atoms with Crippen molar-refractivity contribution in [3.63, 3.8) is 0 Å². The number of hydrogen-bond donors (Lipinski definition) is 5. The van der Waals surface area contributed by atoms with Crippen LogP contribution in [0, 0.1) is 13.8 Å². The number of hydrogen-bond acceptors (Lipinski definition) is 8. The molecule has 4 aromatic heterocycles. The summed E-state index contributed by atoms with van der Waals surface area (Å²) in [7, 11) is 4.34. The summed E-state index contributed by atoms with van der Waals surface area (Å²) < 4.78 is 3.56. The first-order chi connectivity index (χ1) is 18.3. The summed E-state index contributed by atoms with van der Waals surface area (Å²) in [6, 6.07) is 16.6. The number of aromatic amines is 2. The minimum atomic E-state index is 0. The van der Waals surface area contributed by atoms with E-state index in [0.717, 1.165) is 48.9 Å². The van der Waals surface area contributed by atoms with E-state index in [4.69, 9.17) is 11.5 Å². The third kappa shape index (κ3) is 6.52. The van der Waals surface area contributed by atoms with Crippen molar-refractivity contribution >= 4 is 70.1 Å². The van der Waals surface area contributed by atoms with Gasteiger partial charge in [0, 0.05) is 17.3 Å². The third-order valence-electron chi connectivity index (χ3n) is 5.78. The molecular formula is C27H28BBrN9S. The molecule has 0 unspecified atom stereocenters. The van der Waals surface area contributed by atoms with Crippen LogP contribution in [-0.4, -0.2) is 37.5 Å². The van der Waals surface area contributed by atoms with Crippen molar-refractivity contribution in [3.05, 3.63) is 83.1 Å². The molecule has 0 atom stereocenters. The molecule has 0 saturated carbocycles. The molecule has 9 nitrogen and oxygen atoms in total. The van der Waals surface area contributed by atoms with Crippen LogP contribution in [0.25, 0.3) is 44.3 Å². The molecule has 39 heavy (non-hydrogen) atoms. The van der Waals surface area contributed by atoms with Gasteiger partial charge in [-0.3, -0.25) is 0 Å². The number of halogens is 1. The molecule has 197 valence electrons. The Bertz CT molecular complexity index is 1700. The molecule has 6 aromatic rings. The van der Waals surface area contributed by atoms with E-state index < -0.39 is 0 Å². The second kappa shape index (κ2) is 13.2. The predicted molar refractivity (Wildman–Crippen MR) is 169 cm³/mol. The van der Waals surface area contributed by atoms with Crippen molar-refractivity contribution in [1.82, 2.24) is 29.9 Å². The van der Waals surface area contributed by atoms with Gasteiger partial charge in [-0.25, -0.2) is 19.9 Å². The Kier molecular flexibility index (Phi) is 9.97. The molecule has 4 heterocycles. The van der Waals surface area contributed by atoms with Gasteiger partial charge >= 0.3 is 24.8 Å². The maximum atomic E-state index is 5.95. The fourth-order valence-corrected chi connectivity index (χ4v) is 4.57. The molecule has 0 fully saturated rings. The van der Waals surface area contributed by atoms with Gasteiger partial charge < -0.3 is 21.4 Å². The zero-order valence-electron chi connectivity index (χ0n) is 20.6. The fourth-order valence-electron chi connectivity index (χ4n) is 3.96. The predicted octanol–water partition coefficient (Wildman–Crippen LogP) is 6.61. The van der Waals surface area contributed by atoms with Crippen LogP contribution in [0.3, 0.4) is 0 Å². The van der Waals surface area contributed by atoms with Crippen molar-refractivity contribution in [2.24, 2.45) is 4.30 Å². The van der Waals surface area contributed by atoms with Gasteiger partial charge in [0.25, 0.3) is 0 Å². The molecule has 0 aliphatic rings. The van der Waals surface area contributed by atoms with E-state index in [-0.39, 0.29) is 7.43 Å². The van der Waals surface area contributed by atoms with E-state index in [0.29, 0.717) is 11.6 Å². The van der Waals surface area contributed by atoms with Crippen LogP contribution in [0.1, 0.15) is 18.6 Å². The average molecular weight is 601 g/mol. The van der Waals surface area contributed by atoms with E-state index in [1.54, 1.807) is 0 Å². The number of nitrogens with one attached hydrogen (secondary N) is 2. The summed E-state index contributed by atoms with van der Waals surface area (Å²) in [4.78, 5) is 22.7. The number of aryl methyl sites for hydroxylation is 2. The number of nitrogens with zero attached hydrogens (tertiary/aromatic N) is 5. The topological polar surface area (TPSA) is 148 Å². The Morgan fingerprint density at radius 3 is 1.85 bits per heavy atom. The van der Waals surface area contributed by atoms with Crippen LogP contribution >= 0.6 is 28.7 Å². The first-order valence-corrected chi connectivity index (χ1v) is 12.6. The zero-order valence-corrected chi connectivity index (χ0v) is 23.1. The Morgan fingerprint density at radius 1 is 0.795 bits per heavy atom. The van der Waals surface area contributed by atoms with Gasteiger partial charge in [0.2, 0.25) is 0 Å². The fraction of sp³-hybridized carbons (Fsp3) is 0.111. The number of anilines is 2. The Morgan fingerprint density at radius 2 is 1.28 bits per heavy atom. The van der Waals surface area contributed by atoms with Gasteiger partial charge in [0.05, 0.1) is 15.4 Å². The summed E-state index contributed by atoms with van der Waals surface area (Å²) in [6.45, 7) is 4.13. The molecule has 0 amide bonds. The maximum absolute atomic E-state index is 5.95. The number of H-pyrrole nitrogens is 2. The molecule has 0 spiro atoms. The summed E-state index contributed by atoms with van der Waals surface area (Å²) in [6.07, 6.45) is 4.84. The number of nitrogens with two attached hydrogens (primary N) is 2. The molecule has 6 rings (SSSR count). The Balaban J connectivity index is 0.000000192. The number of rotatable bonds is 2. The molecule has 0 aliphatic carbocycles. The molecule has 0 bridgehead atoms. The molecule has 12 heteroatoms. The van der Waals surface area contributed by atoms with Gasteiger partial charge in [-0.1, -0.05) is 67.1 Å². The van der Waals surface area contributed by atoms with Crippen LogP contribution in [0.15, 0.2) is 76.3 Å². The van der Waals surface area contributed by atoms with Gasteiger partial charge in [-0.2, -0.15) is 0 Å². The number of thiol groups is 1. The van der Waals surface area contributed by atoms with Gasteiger partial charge in [0.15, 0.2) is 0 Å². The number of aromatic nitrogens is 6. The summed E-state index contributed by atoms with van der Waals surface area (Å²) in [5.41, 5.74) is 20.1. The van der Waals surface area contributed by atoms with Crippen LogP contribution in [0.5, 0.6) is 0 Å². The third-order valence-corrected chi connectivity index (χ3v) is 6.37. The van der Waals surface area contributed by atoms with E-state index in [1.165, 1.54) is 23.8 Å². The Hall–Kier alpha value is -4.03. The molecule has 0 saturated heterocycles. The molecule has 0 aliphatic heterocycles. The number of fused-ring (bicyclic) bond motifs is 2. The van der Waals surface area contributed by atoms with Crippen LogP contribution in [0.4, 0.5) is 11.6 Å². The van der Waals surface area contributed by atoms with Gasteiger partial charge in [-0.15, -0.1) is 0 Å². The molecule has 1 radical (unpaired) electrons. The second-order valence-electron chi connectivity index (χ2n) is 8.33. The Labute approximate surface area is 241 Å². The minimum absolute atomic E-state index is 0. The molecular weight excluding hydrogens is 573 g/mol. The standard InChI is InChI=1S/C13H11BrN4.C13H12N4.CH4.BHNS/c1-7-2-4-8(5-3-7)9-10-12(15)16-6-17-13(10)18-11(9)14;1-8-2-4-9(5-3-8)10-6-15-13-11(10)12(14)16-7-17-13;;1-2-3/h2-6H,1H3,(H3,15,16,17,18);2-7H,1H3,(H3,14,15,16,17);1H4;3H. The SMILES string of the molecule is C.Cc1ccc(-c2c(Br)[nH]c3ncnc(N)c23)cc1.Cc1ccc(-c2c[nH]c3ncnc(N)c23)cc1.[B]=NS. The summed E-state index contributed by atoms with van der Waals surface area (Å²) in [5, 5.41) is 1.74. The van der Waals surface area contributed by atoms with Crippen molar-refractivity contribution in [2.75, 3.05) is 11.5 Å². The summed E-state index contributed by atoms with van der Waals surface area (Å²) in [5.74, 6) is 0.990. The monoisotopic (exact) mass is 600 g/mol. The van der Waals surface area contributed by atoms with Crippen molar-refractivity contribution in [1.29, 1.82) is 0 Å². The average Bonchev–Trinajstić information content (AvgIpc) is 3.48. The van der Waals surface area contributed by atoms with Crippen molar-refractivity contribution in [2.45, 2.75) is 21.3 Å². The van der Waals surface area contributed by atoms with Crippen LogP contribution in [0.2, 0.25) is 0 Å². The molecule has 6 N–H and O–H groups in total. The first kappa shape index (κ1) is 29.5. The van der Waals surface area contributed by atoms with Crippen molar-refractivity contribution in [3.8, 4) is 22.3 Å². The summed E-state index contributed by atoms with van der Waals surface area (Å²) >= 11 is 6.71. The number of benzene rings is 2. The quantitative estimate of drug-likeness (QED) is 0.111. The van der Waals surface area contributed by atoms with Crippen molar-refractivity contribution < 1.29 is 0 Å².